The van der Waals surface area contributed by atoms with Crippen LogP contribution >= 0.6 is 27.3 Å². The Kier molecular flexibility index (Phi) is 7.94. The minimum absolute atomic E-state index is 0.00172. The van der Waals surface area contributed by atoms with Gasteiger partial charge in [-0.25, -0.2) is 0 Å². The van der Waals surface area contributed by atoms with Gasteiger partial charge in [0, 0.05) is 25.8 Å². The van der Waals surface area contributed by atoms with Crippen molar-refractivity contribution in [2.75, 3.05) is 31.6 Å². The Labute approximate surface area is 160 Å². The van der Waals surface area contributed by atoms with Gasteiger partial charge in [0.05, 0.1) is 15.2 Å². The molecule has 1 aromatic heterocycles. The van der Waals surface area contributed by atoms with Gasteiger partial charge in [0.1, 0.15) is 0 Å². The Morgan fingerprint density at radius 2 is 1.84 bits per heavy atom. The zero-order chi connectivity index (χ0) is 18.1. The first kappa shape index (κ1) is 19.5. The fraction of sp³-hybridized carbons (Fsp3) is 0.333. The molecule has 0 aliphatic heterocycles. The Morgan fingerprint density at radius 3 is 2.52 bits per heavy atom. The SMILES string of the molecule is CN(CCCCNC(=O)CNC(=O)c1ccc(Br)s1)c1ccccc1. The smallest absolute Gasteiger partial charge is 0.261 e. The molecule has 0 saturated carbocycles. The lowest BCUT2D eigenvalue weighted by atomic mass is 10.2. The minimum atomic E-state index is -0.227. The summed E-state index contributed by atoms with van der Waals surface area (Å²) >= 11 is 4.65. The molecule has 2 aromatic rings. The fourth-order valence-corrected chi connectivity index (χ4v) is 3.56. The molecule has 25 heavy (non-hydrogen) atoms. The van der Waals surface area contributed by atoms with Gasteiger partial charge in [-0.1, -0.05) is 18.2 Å². The van der Waals surface area contributed by atoms with Crippen LogP contribution in [0.25, 0.3) is 0 Å². The van der Waals surface area contributed by atoms with Crippen molar-refractivity contribution in [2.24, 2.45) is 0 Å². The van der Waals surface area contributed by atoms with Crippen molar-refractivity contribution in [3.8, 4) is 0 Å². The average molecular weight is 424 g/mol. The number of anilines is 1. The van der Waals surface area contributed by atoms with Crippen LogP contribution in [0.5, 0.6) is 0 Å². The number of unbranched alkanes of at least 4 members (excludes halogenated alkanes) is 1. The van der Waals surface area contributed by atoms with E-state index in [1.807, 2.05) is 24.3 Å². The average Bonchev–Trinajstić information content (AvgIpc) is 3.06. The molecule has 0 bridgehead atoms. The molecule has 0 saturated heterocycles. The molecule has 0 aliphatic carbocycles. The van der Waals surface area contributed by atoms with Crippen molar-refractivity contribution in [2.45, 2.75) is 12.8 Å². The number of para-hydroxylation sites is 1. The lowest BCUT2D eigenvalue weighted by Crippen LogP contribution is -2.37. The highest BCUT2D eigenvalue weighted by Gasteiger charge is 2.09. The number of nitrogens with one attached hydrogen (secondary N) is 2. The lowest BCUT2D eigenvalue weighted by molar-refractivity contribution is -0.120. The second-order valence-electron chi connectivity index (χ2n) is 5.60. The highest BCUT2D eigenvalue weighted by Crippen LogP contribution is 2.21. The van der Waals surface area contributed by atoms with Crippen LogP contribution < -0.4 is 15.5 Å². The summed E-state index contributed by atoms with van der Waals surface area (Å²) < 4.78 is 0.891. The second kappa shape index (κ2) is 10.2. The predicted molar refractivity (Wildman–Crippen MR) is 106 cm³/mol. The lowest BCUT2D eigenvalue weighted by Gasteiger charge is -2.19. The molecule has 1 heterocycles. The molecule has 0 spiro atoms. The van der Waals surface area contributed by atoms with Crippen LogP contribution in [0.1, 0.15) is 22.5 Å². The van der Waals surface area contributed by atoms with E-state index in [9.17, 15) is 9.59 Å². The third kappa shape index (κ3) is 6.88. The van der Waals surface area contributed by atoms with Crippen molar-refractivity contribution in [3.63, 3.8) is 0 Å². The fourth-order valence-electron chi connectivity index (χ4n) is 2.26. The topological polar surface area (TPSA) is 61.4 Å². The molecule has 2 amide bonds. The molecular formula is C18H22BrN3O2S. The van der Waals surface area contributed by atoms with E-state index < -0.39 is 0 Å². The Hall–Kier alpha value is -1.86. The van der Waals surface area contributed by atoms with Crippen LogP contribution in [0.3, 0.4) is 0 Å². The zero-order valence-corrected chi connectivity index (χ0v) is 16.5. The molecule has 2 N–H and O–H groups in total. The van der Waals surface area contributed by atoms with Crippen LogP contribution in [-0.2, 0) is 4.79 Å². The molecular weight excluding hydrogens is 402 g/mol. The third-order valence-electron chi connectivity index (χ3n) is 3.65. The summed E-state index contributed by atoms with van der Waals surface area (Å²) in [5.74, 6) is -0.393. The van der Waals surface area contributed by atoms with E-state index in [0.717, 1.165) is 23.2 Å². The molecule has 1 aromatic carbocycles. The normalized spacial score (nSPS) is 10.3. The minimum Gasteiger partial charge on any atom is -0.375 e. The highest BCUT2D eigenvalue weighted by atomic mass is 79.9. The third-order valence-corrected chi connectivity index (χ3v) is 5.27. The summed E-state index contributed by atoms with van der Waals surface area (Å²) in [6.07, 6.45) is 1.88. The summed E-state index contributed by atoms with van der Waals surface area (Å²) in [7, 11) is 2.06. The van der Waals surface area contributed by atoms with E-state index in [2.05, 4.69) is 50.6 Å². The molecule has 0 aliphatic rings. The second-order valence-corrected chi connectivity index (χ2v) is 8.06. The van der Waals surface area contributed by atoms with Gasteiger partial charge in [0.25, 0.3) is 5.91 Å². The zero-order valence-electron chi connectivity index (χ0n) is 14.1. The summed E-state index contributed by atoms with van der Waals surface area (Å²) in [4.78, 5) is 26.4. The predicted octanol–water partition coefficient (Wildman–Crippen LogP) is 3.27. The molecule has 0 atom stereocenters. The molecule has 5 nitrogen and oxygen atoms in total. The number of benzene rings is 1. The van der Waals surface area contributed by atoms with Gasteiger partial charge in [0.2, 0.25) is 5.91 Å². The largest absolute Gasteiger partial charge is 0.375 e. The molecule has 7 heteroatoms. The molecule has 134 valence electrons. The summed E-state index contributed by atoms with van der Waals surface area (Å²) in [6, 6.07) is 13.7. The van der Waals surface area contributed by atoms with Crippen molar-refractivity contribution < 1.29 is 9.59 Å². The van der Waals surface area contributed by atoms with Gasteiger partial charge in [0.15, 0.2) is 0 Å². The standard InChI is InChI=1S/C18H22BrN3O2S/c1-22(14-7-3-2-4-8-14)12-6-5-11-20-17(23)13-21-18(24)15-9-10-16(19)25-15/h2-4,7-10H,5-6,11-13H2,1H3,(H,20,23)(H,21,24). The van der Waals surface area contributed by atoms with Crippen LogP contribution in [0.15, 0.2) is 46.3 Å². The quantitative estimate of drug-likeness (QED) is 0.608. The molecule has 0 fully saturated rings. The highest BCUT2D eigenvalue weighted by molar-refractivity contribution is 9.11. The van der Waals surface area contributed by atoms with Crippen molar-refractivity contribution in [1.82, 2.24) is 10.6 Å². The van der Waals surface area contributed by atoms with Gasteiger partial charge in [-0.15, -0.1) is 11.3 Å². The number of amides is 2. The number of carbonyl (C=O) groups excluding carboxylic acids is 2. The van der Waals surface area contributed by atoms with E-state index in [4.69, 9.17) is 0 Å². The number of hydrogen-bond acceptors (Lipinski definition) is 4. The van der Waals surface area contributed by atoms with Gasteiger partial charge in [-0.05, 0) is 53.0 Å². The number of halogens is 1. The summed E-state index contributed by atoms with van der Waals surface area (Å²) in [6.45, 7) is 1.55. The first-order chi connectivity index (χ1) is 12.1. The van der Waals surface area contributed by atoms with Crippen molar-refractivity contribution in [1.29, 1.82) is 0 Å². The van der Waals surface area contributed by atoms with Crippen LogP contribution in [0.4, 0.5) is 5.69 Å². The van der Waals surface area contributed by atoms with Crippen LogP contribution in [0.2, 0.25) is 0 Å². The Balaban J connectivity index is 1.56. The van der Waals surface area contributed by atoms with Crippen molar-refractivity contribution in [3.05, 3.63) is 51.1 Å². The van der Waals surface area contributed by atoms with Crippen LogP contribution in [-0.4, -0.2) is 38.5 Å². The maximum absolute atomic E-state index is 11.8. The number of rotatable bonds is 9. The maximum Gasteiger partial charge on any atom is 0.261 e. The first-order valence-electron chi connectivity index (χ1n) is 8.12. The van der Waals surface area contributed by atoms with Gasteiger partial charge >= 0.3 is 0 Å². The summed E-state index contributed by atoms with van der Waals surface area (Å²) in [5.41, 5.74) is 1.19. The molecule has 0 radical (unpaired) electrons. The number of carbonyl (C=O) groups is 2. The Bertz CT molecular complexity index is 691. The van der Waals surface area contributed by atoms with E-state index in [-0.39, 0.29) is 18.4 Å². The van der Waals surface area contributed by atoms with Crippen LogP contribution in [0, 0.1) is 0 Å². The number of nitrogens with zero attached hydrogens (tertiary/aromatic N) is 1. The number of thiophene rings is 1. The van der Waals surface area contributed by atoms with Gasteiger partial charge in [-0.2, -0.15) is 0 Å². The van der Waals surface area contributed by atoms with E-state index in [0.29, 0.717) is 11.4 Å². The molecule has 2 rings (SSSR count). The summed E-state index contributed by atoms with van der Waals surface area (Å²) in [5, 5.41) is 5.45. The maximum atomic E-state index is 11.8. The van der Waals surface area contributed by atoms with E-state index in [1.54, 1.807) is 6.07 Å². The van der Waals surface area contributed by atoms with Gasteiger partial charge < -0.3 is 15.5 Å². The monoisotopic (exact) mass is 423 g/mol. The Morgan fingerprint density at radius 1 is 1.08 bits per heavy atom. The van der Waals surface area contributed by atoms with E-state index in [1.165, 1.54) is 17.0 Å². The number of hydrogen-bond donors (Lipinski definition) is 2. The first-order valence-corrected chi connectivity index (χ1v) is 9.73. The molecule has 0 unspecified atom stereocenters. The van der Waals surface area contributed by atoms with Crippen molar-refractivity contribution >= 4 is 44.8 Å². The van der Waals surface area contributed by atoms with Gasteiger partial charge in [-0.3, -0.25) is 9.59 Å². The van der Waals surface area contributed by atoms with E-state index >= 15 is 0 Å².